The summed E-state index contributed by atoms with van der Waals surface area (Å²) in [5.41, 5.74) is 1.32. The molecule has 14 heavy (non-hydrogen) atoms. The van der Waals surface area contributed by atoms with Crippen LogP contribution in [0.3, 0.4) is 0 Å². The van der Waals surface area contributed by atoms with Gasteiger partial charge in [-0.05, 0) is 33.2 Å². The van der Waals surface area contributed by atoms with Gasteiger partial charge in [0.2, 0.25) is 0 Å². The van der Waals surface area contributed by atoms with E-state index in [0.29, 0.717) is 6.54 Å². The molecule has 1 rings (SSSR count). The first-order valence-electron chi connectivity index (χ1n) is 5.20. The van der Waals surface area contributed by atoms with Gasteiger partial charge in [-0.3, -0.25) is 9.69 Å². The van der Waals surface area contributed by atoms with E-state index in [1.54, 1.807) is 0 Å². The summed E-state index contributed by atoms with van der Waals surface area (Å²) in [4.78, 5) is 13.0. The smallest absolute Gasteiger partial charge is 0.307 e. The SMILES string of the molecule is C/C=C(/C)CN1CCCC(C(=O)O)C1. The molecule has 1 aliphatic heterocycles. The van der Waals surface area contributed by atoms with E-state index in [4.69, 9.17) is 5.11 Å². The van der Waals surface area contributed by atoms with E-state index in [9.17, 15) is 4.79 Å². The van der Waals surface area contributed by atoms with Gasteiger partial charge in [0.1, 0.15) is 0 Å². The van der Waals surface area contributed by atoms with Crippen LogP contribution in [0.1, 0.15) is 26.7 Å². The molecule has 3 nitrogen and oxygen atoms in total. The Morgan fingerprint density at radius 1 is 1.64 bits per heavy atom. The van der Waals surface area contributed by atoms with Crippen LogP contribution in [0.5, 0.6) is 0 Å². The lowest BCUT2D eigenvalue weighted by molar-refractivity contribution is -0.143. The zero-order valence-electron chi connectivity index (χ0n) is 8.99. The second-order valence-electron chi connectivity index (χ2n) is 4.05. The minimum atomic E-state index is -0.646. The molecule has 0 bridgehead atoms. The number of hydrogen-bond acceptors (Lipinski definition) is 2. The second-order valence-corrected chi connectivity index (χ2v) is 4.05. The normalized spacial score (nSPS) is 25.0. The molecule has 3 heteroatoms. The highest BCUT2D eigenvalue weighted by atomic mass is 16.4. The summed E-state index contributed by atoms with van der Waals surface area (Å²) >= 11 is 0. The number of carboxylic acid groups (broad SMARTS) is 1. The van der Waals surface area contributed by atoms with Crippen LogP contribution < -0.4 is 0 Å². The van der Waals surface area contributed by atoms with Gasteiger partial charge in [-0.2, -0.15) is 0 Å². The van der Waals surface area contributed by atoms with Crippen LogP contribution in [0.4, 0.5) is 0 Å². The predicted molar refractivity (Wildman–Crippen MR) is 56.2 cm³/mol. The average molecular weight is 197 g/mol. The molecule has 1 heterocycles. The number of aliphatic carboxylic acids is 1. The molecule has 1 atom stereocenters. The summed E-state index contributed by atoms with van der Waals surface area (Å²) in [7, 11) is 0. The lowest BCUT2D eigenvalue weighted by Gasteiger charge is -2.30. The molecule has 1 N–H and O–H groups in total. The average Bonchev–Trinajstić information content (AvgIpc) is 2.18. The van der Waals surface area contributed by atoms with Gasteiger partial charge in [0, 0.05) is 13.1 Å². The van der Waals surface area contributed by atoms with Crippen molar-refractivity contribution in [3.8, 4) is 0 Å². The number of allylic oxidation sites excluding steroid dienone is 1. The molecule has 0 radical (unpaired) electrons. The maximum absolute atomic E-state index is 10.8. The van der Waals surface area contributed by atoms with E-state index in [0.717, 1.165) is 25.9 Å². The quantitative estimate of drug-likeness (QED) is 0.701. The van der Waals surface area contributed by atoms with Crippen molar-refractivity contribution in [3.05, 3.63) is 11.6 Å². The molecule has 0 spiro atoms. The van der Waals surface area contributed by atoms with Crippen LogP contribution >= 0.6 is 0 Å². The molecule has 0 aromatic rings. The zero-order valence-corrected chi connectivity index (χ0v) is 8.99. The molecule has 0 saturated carbocycles. The van der Waals surface area contributed by atoms with Gasteiger partial charge >= 0.3 is 5.97 Å². The van der Waals surface area contributed by atoms with Gasteiger partial charge < -0.3 is 5.11 Å². The van der Waals surface area contributed by atoms with Crippen molar-refractivity contribution in [2.24, 2.45) is 5.92 Å². The maximum Gasteiger partial charge on any atom is 0.307 e. The van der Waals surface area contributed by atoms with Crippen LogP contribution in [0.2, 0.25) is 0 Å². The Balaban J connectivity index is 2.44. The fourth-order valence-corrected chi connectivity index (χ4v) is 1.84. The van der Waals surface area contributed by atoms with Gasteiger partial charge in [-0.25, -0.2) is 0 Å². The Morgan fingerprint density at radius 3 is 2.93 bits per heavy atom. The van der Waals surface area contributed by atoms with E-state index in [2.05, 4.69) is 17.9 Å². The fraction of sp³-hybridized carbons (Fsp3) is 0.727. The number of rotatable bonds is 3. The molecule has 1 aliphatic rings. The van der Waals surface area contributed by atoms with Crippen molar-refractivity contribution in [2.75, 3.05) is 19.6 Å². The topological polar surface area (TPSA) is 40.5 Å². The number of carbonyl (C=O) groups is 1. The molecule has 80 valence electrons. The number of hydrogen-bond donors (Lipinski definition) is 1. The molecule has 1 saturated heterocycles. The third-order valence-electron chi connectivity index (χ3n) is 2.82. The highest BCUT2D eigenvalue weighted by molar-refractivity contribution is 5.70. The van der Waals surface area contributed by atoms with E-state index in [1.165, 1.54) is 5.57 Å². The Kier molecular flexibility index (Phi) is 4.14. The third-order valence-corrected chi connectivity index (χ3v) is 2.82. The number of piperidine rings is 1. The molecular formula is C11H19NO2. The Bertz CT molecular complexity index is 235. The van der Waals surface area contributed by atoms with Crippen molar-refractivity contribution in [1.29, 1.82) is 0 Å². The van der Waals surface area contributed by atoms with Gasteiger partial charge in [0.15, 0.2) is 0 Å². The Morgan fingerprint density at radius 2 is 2.36 bits per heavy atom. The van der Waals surface area contributed by atoms with E-state index in [1.807, 2.05) is 6.92 Å². The highest BCUT2D eigenvalue weighted by Crippen LogP contribution is 2.17. The number of likely N-dealkylation sites (tertiary alicyclic amines) is 1. The summed E-state index contributed by atoms with van der Waals surface area (Å²) < 4.78 is 0. The Hall–Kier alpha value is -0.830. The summed E-state index contributed by atoms with van der Waals surface area (Å²) in [6.07, 6.45) is 3.93. The fourth-order valence-electron chi connectivity index (χ4n) is 1.84. The first kappa shape index (κ1) is 11.2. The molecule has 1 fully saturated rings. The molecule has 0 aliphatic carbocycles. The predicted octanol–water partition coefficient (Wildman–Crippen LogP) is 1.75. The summed E-state index contributed by atoms with van der Waals surface area (Å²) in [6, 6.07) is 0. The van der Waals surface area contributed by atoms with E-state index in [-0.39, 0.29) is 5.92 Å². The molecule has 0 amide bonds. The van der Waals surface area contributed by atoms with Gasteiger partial charge in [0.25, 0.3) is 0 Å². The lowest BCUT2D eigenvalue weighted by atomic mass is 9.98. The monoisotopic (exact) mass is 197 g/mol. The number of carboxylic acids is 1. The van der Waals surface area contributed by atoms with Gasteiger partial charge in [-0.1, -0.05) is 11.6 Å². The maximum atomic E-state index is 10.8. The summed E-state index contributed by atoms with van der Waals surface area (Å²) in [5, 5.41) is 8.91. The molecule has 1 unspecified atom stereocenters. The largest absolute Gasteiger partial charge is 0.481 e. The van der Waals surface area contributed by atoms with Crippen molar-refractivity contribution < 1.29 is 9.90 Å². The van der Waals surface area contributed by atoms with E-state index < -0.39 is 5.97 Å². The Labute approximate surface area is 85.4 Å². The van der Waals surface area contributed by atoms with Crippen LogP contribution in [0.15, 0.2) is 11.6 Å². The minimum absolute atomic E-state index is 0.159. The van der Waals surface area contributed by atoms with Crippen LogP contribution in [-0.4, -0.2) is 35.6 Å². The zero-order chi connectivity index (χ0) is 10.6. The number of nitrogens with zero attached hydrogens (tertiary/aromatic N) is 1. The van der Waals surface area contributed by atoms with Gasteiger partial charge in [0.05, 0.1) is 5.92 Å². The molecule has 0 aromatic heterocycles. The molecule has 0 aromatic carbocycles. The van der Waals surface area contributed by atoms with Crippen molar-refractivity contribution in [2.45, 2.75) is 26.7 Å². The highest BCUT2D eigenvalue weighted by Gasteiger charge is 2.24. The van der Waals surface area contributed by atoms with Gasteiger partial charge in [-0.15, -0.1) is 0 Å². The summed E-state index contributed by atoms with van der Waals surface area (Å²) in [6.45, 7) is 6.77. The first-order chi connectivity index (χ1) is 6.63. The van der Waals surface area contributed by atoms with Crippen LogP contribution in [0.25, 0.3) is 0 Å². The third kappa shape index (κ3) is 3.14. The molecular weight excluding hydrogens is 178 g/mol. The first-order valence-corrected chi connectivity index (χ1v) is 5.20. The standard InChI is InChI=1S/C11H19NO2/c1-3-9(2)7-12-6-4-5-10(8-12)11(13)14/h3,10H,4-8H2,1-2H3,(H,13,14)/b9-3-. The van der Waals surface area contributed by atoms with Crippen molar-refractivity contribution in [3.63, 3.8) is 0 Å². The second kappa shape index (κ2) is 5.15. The van der Waals surface area contributed by atoms with Crippen molar-refractivity contribution >= 4 is 5.97 Å². The summed E-state index contributed by atoms with van der Waals surface area (Å²) in [5.74, 6) is -0.804. The van der Waals surface area contributed by atoms with Crippen LogP contribution in [-0.2, 0) is 4.79 Å². The van der Waals surface area contributed by atoms with E-state index >= 15 is 0 Å². The lowest BCUT2D eigenvalue weighted by Crippen LogP contribution is -2.39. The van der Waals surface area contributed by atoms with Crippen LogP contribution in [0, 0.1) is 5.92 Å². The minimum Gasteiger partial charge on any atom is -0.481 e. The van der Waals surface area contributed by atoms with Crippen molar-refractivity contribution in [1.82, 2.24) is 4.90 Å².